The molecule has 0 saturated carbocycles. The molecule has 1 aromatic rings. The molecule has 1 rings (SSSR count). The minimum atomic E-state index is -0.749. The van der Waals surface area contributed by atoms with Crippen molar-refractivity contribution in [2.45, 2.75) is 6.42 Å². The molecule has 22 heavy (non-hydrogen) atoms. The first-order valence-corrected chi connectivity index (χ1v) is 6.57. The molecule has 0 fully saturated rings. The van der Waals surface area contributed by atoms with Crippen LogP contribution in [0.5, 0.6) is 0 Å². The Morgan fingerprint density at radius 3 is 2.86 bits per heavy atom. The van der Waals surface area contributed by atoms with Crippen molar-refractivity contribution in [3.63, 3.8) is 0 Å². The molecule has 0 spiro atoms. The second-order valence-corrected chi connectivity index (χ2v) is 4.48. The van der Waals surface area contributed by atoms with E-state index in [4.69, 9.17) is 22.0 Å². The van der Waals surface area contributed by atoms with Crippen LogP contribution >= 0.6 is 11.6 Å². The monoisotopic (exact) mass is 324 g/mol. The van der Waals surface area contributed by atoms with Crippen molar-refractivity contribution >= 4 is 28.9 Å². The number of rotatable bonds is 7. The van der Waals surface area contributed by atoms with E-state index in [1.54, 1.807) is 6.07 Å². The molecular formula is C13H13ClN4O4. The van der Waals surface area contributed by atoms with Gasteiger partial charge in [-0.25, -0.2) is 0 Å². The van der Waals surface area contributed by atoms with Crippen molar-refractivity contribution < 1.29 is 14.8 Å². The predicted octanol–water partition coefficient (Wildman–Crippen LogP) is 1.57. The van der Waals surface area contributed by atoms with Gasteiger partial charge in [0.05, 0.1) is 15.6 Å². The lowest BCUT2D eigenvalue weighted by Gasteiger charge is -2.06. The van der Waals surface area contributed by atoms with Crippen molar-refractivity contribution in [1.29, 1.82) is 5.26 Å². The maximum absolute atomic E-state index is 11.9. The first-order valence-electron chi connectivity index (χ1n) is 6.19. The lowest BCUT2D eigenvalue weighted by molar-refractivity contribution is -0.384. The number of nitriles is 1. The summed E-state index contributed by atoms with van der Waals surface area (Å²) >= 11 is 5.86. The van der Waals surface area contributed by atoms with Gasteiger partial charge in [-0.2, -0.15) is 5.26 Å². The molecule has 0 radical (unpaired) electrons. The number of nitrogens with zero attached hydrogens (tertiary/aromatic N) is 2. The van der Waals surface area contributed by atoms with Crippen molar-refractivity contribution in [2.24, 2.45) is 0 Å². The Hall–Kier alpha value is -2.63. The van der Waals surface area contributed by atoms with E-state index < -0.39 is 10.8 Å². The van der Waals surface area contributed by atoms with E-state index in [-0.39, 0.29) is 28.6 Å². The fourth-order valence-electron chi connectivity index (χ4n) is 1.42. The minimum Gasteiger partial charge on any atom is -0.396 e. The molecule has 0 aliphatic rings. The van der Waals surface area contributed by atoms with E-state index in [2.05, 4.69) is 10.6 Å². The highest BCUT2D eigenvalue weighted by Crippen LogP contribution is 2.26. The highest BCUT2D eigenvalue weighted by atomic mass is 35.5. The Bertz CT molecular complexity index is 639. The van der Waals surface area contributed by atoms with E-state index in [0.29, 0.717) is 13.0 Å². The Labute approximate surface area is 131 Å². The summed E-state index contributed by atoms with van der Waals surface area (Å²) in [6.07, 6.45) is 1.67. The average molecular weight is 325 g/mol. The Balaban J connectivity index is 2.84. The molecule has 0 aromatic heterocycles. The minimum absolute atomic E-state index is 0.0157. The van der Waals surface area contributed by atoms with E-state index in [1.165, 1.54) is 18.3 Å². The molecule has 0 heterocycles. The maximum Gasteiger partial charge on any atom is 0.271 e. The zero-order valence-corrected chi connectivity index (χ0v) is 12.1. The van der Waals surface area contributed by atoms with E-state index >= 15 is 0 Å². The summed E-state index contributed by atoms with van der Waals surface area (Å²) in [4.78, 5) is 22.0. The fourth-order valence-corrected chi connectivity index (χ4v) is 1.58. The first kappa shape index (κ1) is 17.4. The highest BCUT2D eigenvalue weighted by Gasteiger charge is 2.14. The second kappa shape index (κ2) is 8.61. The topological polar surface area (TPSA) is 128 Å². The summed E-state index contributed by atoms with van der Waals surface area (Å²) in [5.74, 6) is -0.749. The van der Waals surface area contributed by atoms with Crippen LogP contribution in [0.25, 0.3) is 0 Å². The third-order valence-corrected chi connectivity index (χ3v) is 2.83. The number of carbonyl (C=O) groups excluding carboxylic acids is 1. The van der Waals surface area contributed by atoms with Crippen LogP contribution in [-0.4, -0.2) is 29.1 Å². The number of non-ortho nitro benzene ring substituents is 1. The third-order valence-electron chi connectivity index (χ3n) is 2.50. The third kappa shape index (κ3) is 5.05. The van der Waals surface area contributed by atoms with E-state index in [0.717, 1.165) is 6.07 Å². The van der Waals surface area contributed by atoms with Crippen LogP contribution < -0.4 is 10.6 Å². The Morgan fingerprint density at radius 2 is 2.27 bits per heavy atom. The Morgan fingerprint density at radius 1 is 1.55 bits per heavy atom. The number of aliphatic hydroxyl groups excluding tert-OH is 1. The van der Waals surface area contributed by atoms with Gasteiger partial charge in [-0.05, 0) is 12.5 Å². The van der Waals surface area contributed by atoms with E-state index in [9.17, 15) is 14.9 Å². The molecule has 0 unspecified atom stereocenters. The molecule has 0 atom stereocenters. The highest BCUT2D eigenvalue weighted by molar-refractivity contribution is 6.34. The number of nitro benzene ring substituents is 1. The van der Waals surface area contributed by atoms with Gasteiger partial charge in [-0.1, -0.05) is 11.6 Å². The molecule has 9 heteroatoms. The molecule has 3 N–H and O–H groups in total. The smallest absolute Gasteiger partial charge is 0.271 e. The predicted molar refractivity (Wildman–Crippen MR) is 80.1 cm³/mol. The van der Waals surface area contributed by atoms with Crippen molar-refractivity contribution in [3.05, 3.63) is 45.1 Å². The summed E-state index contributed by atoms with van der Waals surface area (Å²) in [7, 11) is 0. The van der Waals surface area contributed by atoms with Crippen LogP contribution in [0.4, 0.5) is 11.4 Å². The SMILES string of the molecule is N#C/C(=C/NCCCO)C(=O)Nc1cc([N+](=O)[O-])ccc1Cl. The molecule has 0 aliphatic carbocycles. The molecule has 8 nitrogen and oxygen atoms in total. The maximum atomic E-state index is 11.9. The van der Waals surface area contributed by atoms with Crippen molar-refractivity contribution in [2.75, 3.05) is 18.5 Å². The fraction of sp³-hybridized carbons (Fsp3) is 0.231. The summed E-state index contributed by atoms with van der Waals surface area (Å²) in [5, 5.41) is 33.4. The number of halogens is 1. The lowest BCUT2D eigenvalue weighted by atomic mass is 10.2. The van der Waals surface area contributed by atoms with Crippen LogP contribution in [0.1, 0.15) is 6.42 Å². The van der Waals surface area contributed by atoms with E-state index in [1.807, 2.05) is 0 Å². The average Bonchev–Trinajstić information content (AvgIpc) is 2.49. The van der Waals surface area contributed by atoms with Gasteiger partial charge in [0.2, 0.25) is 0 Å². The normalized spacial score (nSPS) is 10.7. The summed E-state index contributed by atoms with van der Waals surface area (Å²) < 4.78 is 0. The molecule has 116 valence electrons. The van der Waals surface area contributed by atoms with Crippen LogP contribution in [0, 0.1) is 21.4 Å². The van der Waals surface area contributed by atoms with Gasteiger partial charge >= 0.3 is 0 Å². The number of aliphatic hydroxyl groups is 1. The van der Waals surface area contributed by atoms with Gasteiger partial charge in [-0.15, -0.1) is 0 Å². The zero-order valence-electron chi connectivity index (χ0n) is 11.4. The number of carbonyl (C=O) groups is 1. The van der Waals surface area contributed by atoms with Crippen LogP contribution in [0.15, 0.2) is 30.0 Å². The van der Waals surface area contributed by atoms with Crippen LogP contribution in [0.2, 0.25) is 5.02 Å². The number of amides is 1. The first-order chi connectivity index (χ1) is 10.5. The van der Waals surface area contributed by atoms with Gasteiger partial charge in [0.1, 0.15) is 11.6 Å². The number of benzene rings is 1. The second-order valence-electron chi connectivity index (χ2n) is 4.08. The molecule has 0 bridgehead atoms. The van der Waals surface area contributed by atoms with Gasteiger partial charge in [0.15, 0.2) is 0 Å². The van der Waals surface area contributed by atoms with Crippen LogP contribution in [-0.2, 0) is 4.79 Å². The number of hydrogen-bond donors (Lipinski definition) is 3. The van der Waals surface area contributed by atoms with Gasteiger partial charge < -0.3 is 15.7 Å². The van der Waals surface area contributed by atoms with Crippen LogP contribution in [0.3, 0.4) is 0 Å². The molecule has 1 amide bonds. The van der Waals surface area contributed by atoms with Gasteiger partial charge in [0.25, 0.3) is 11.6 Å². The van der Waals surface area contributed by atoms with Crippen molar-refractivity contribution in [3.8, 4) is 6.07 Å². The molecular weight excluding hydrogens is 312 g/mol. The molecule has 1 aromatic carbocycles. The summed E-state index contributed by atoms with van der Waals surface area (Å²) in [6.45, 7) is 0.380. The lowest BCUT2D eigenvalue weighted by Crippen LogP contribution is -2.17. The standard InChI is InChI=1S/C13H13ClN4O4/c14-11-3-2-10(18(21)22)6-12(11)17-13(20)9(7-15)8-16-4-1-5-19/h2-3,6,8,16,19H,1,4-5H2,(H,17,20)/b9-8-. The Kier molecular flexibility index (Phi) is 6.82. The molecule has 0 aliphatic heterocycles. The summed E-state index contributed by atoms with van der Waals surface area (Å²) in [6, 6.07) is 5.29. The zero-order chi connectivity index (χ0) is 16.5. The van der Waals surface area contributed by atoms with Crippen molar-refractivity contribution in [1.82, 2.24) is 5.32 Å². The van der Waals surface area contributed by atoms with Gasteiger partial charge in [-0.3, -0.25) is 14.9 Å². The molecule has 0 saturated heterocycles. The number of hydrogen-bond acceptors (Lipinski definition) is 6. The number of nitro groups is 1. The van der Waals surface area contributed by atoms with Gasteiger partial charge in [0, 0.05) is 31.5 Å². The summed E-state index contributed by atoms with van der Waals surface area (Å²) in [5.41, 5.74) is -0.416. The number of nitrogens with one attached hydrogen (secondary N) is 2. The number of anilines is 1. The largest absolute Gasteiger partial charge is 0.396 e. The quantitative estimate of drug-likeness (QED) is 0.229.